The Hall–Kier alpha value is -0.573. The van der Waals surface area contributed by atoms with Crippen molar-refractivity contribution in [1.29, 1.82) is 0 Å². The van der Waals surface area contributed by atoms with Crippen LogP contribution >= 0.6 is 22.6 Å². The van der Waals surface area contributed by atoms with Gasteiger partial charge in [-0.3, -0.25) is 0 Å². The first-order valence-corrected chi connectivity index (χ1v) is 12.9. The summed E-state index contributed by atoms with van der Waals surface area (Å²) in [6, 6.07) is 0. The van der Waals surface area contributed by atoms with Crippen LogP contribution in [0.4, 0.5) is 0 Å². The minimum Gasteiger partial charge on any atom is -0.413 e. The molecule has 0 bridgehead atoms. The van der Waals surface area contributed by atoms with Crippen molar-refractivity contribution in [3.8, 4) is 21.7 Å². The van der Waals surface area contributed by atoms with E-state index in [1.807, 2.05) is 22.6 Å². The van der Waals surface area contributed by atoms with Gasteiger partial charge in [-0.1, -0.05) is 44.6 Å². The van der Waals surface area contributed by atoms with Crippen molar-refractivity contribution in [2.45, 2.75) is 63.8 Å². The molecule has 1 unspecified atom stereocenters. The second-order valence-electron chi connectivity index (χ2n) is 8.01. The van der Waals surface area contributed by atoms with E-state index in [0.717, 1.165) is 19.3 Å². The maximum Gasteiger partial charge on any atom is 0.192 e. The minimum atomic E-state index is -1.77. The molecule has 1 atom stereocenters. The van der Waals surface area contributed by atoms with Gasteiger partial charge < -0.3 is 13.9 Å². The topological polar surface area (TPSA) is 27.7 Å². The second-order valence-corrected chi connectivity index (χ2v) is 13.4. The molecule has 0 aliphatic heterocycles. The van der Waals surface area contributed by atoms with E-state index in [4.69, 9.17) is 13.9 Å². The van der Waals surface area contributed by atoms with E-state index in [9.17, 15) is 0 Å². The van der Waals surface area contributed by atoms with E-state index in [0.29, 0.717) is 6.61 Å². The van der Waals surface area contributed by atoms with Crippen molar-refractivity contribution in [3.63, 3.8) is 0 Å². The van der Waals surface area contributed by atoms with E-state index in [1.54, 1.807) is 19.3 Å². The molecule has 0 aromatic heterocycles. The Labute approximate surface area is 174 Å². The fraction of sp³-hybridized carbons (Fsp3) is 0.619. The zero-order valence-electron chi connectivity index (χ0n) is 16.9. The molecule has 3 nitrogen and oxygen atoms in total. The van der Waals surface area contributed by atoms with Crippen molar-refractivity contribution >= 4 is 30.9 Å². The molecule has 0 aromatic rings. The Morgan fingerprint density at radius 3 is 2.58 bits per heavy atom. The van der Waals surface area contributed by atoms with E-state index in [2.05, 4.69) is 61.6 Å². The lowest BCUT2D eigenvalue weighted by molar-refractivity contribution is -0.108. The van der Waals surface area contributed by atoms with Crippen molar-refractivity contribution < 1.29 is 13.9 Å². The predicted octanol–water partition coefficient (Wildman–Crippen LogP) is 5.43. The molecule has 0 aromatic carbocycles. The zero-order valence-corrected chi connectivity index (χ0v) is 20.0. The van der Waals surface area contributed by atoms with Crippen LogP contribution in [0.3, 0.4) is 0 Å². The smallest absolute Gasteiger partial charge is 0.192 e. The third kappa shape index (κ3) is 7.58. The Bertz CT molecular complexity index is 638. The van der Waals surface area contributed by atoms with Gasteiger partial charge in [0.2, 0.25) is 0 Å². The highest BCUT2D eigenvalue weighted by molar-refractivity contribution is 14.1. The normalized spacial score (nSPS) is 20.8. The minimum absolute atomic E-state index is 0.205. The van der Waals surface area contributed by atoms with Gasteiger partial charge in [0.15, 0.2) is 8.32 Å². The first-order chi connectivity index (χ1) is 12.2. The van der Waals surface area contributed by atoms with Crippen molar-refractivity contribution in [1.82, 2.24) is 0 Å². The first kappa shape index (κ1) is 23.5. The van der Waals surface area contributed by atoms with Crippen LogP contribution in [0.1, 0.15) is 40.0 Å². The number of rotatable bonds is 6. The van der Waals surface area contributed by atoms with Crippen LogP contribution in [0.2, 0.25) is 18.1 Å². The third-order valence-corrected chi connectivity index (χ3v) is 9.77. The Morgan fingerprint density at radius 1 is 1.27 bits per heavy atom. The summed E-state index contributed by atoms with van der Waals surface area (Å²) < 4.78 is 20.3. The molecule has 1 aliphatic rings. The first-order valence-electron chi connectivity index (χ1n) is 8.89. The van der Waals surface area contributed by atoms with E-state index < -0.39 is 13.9 Å². The van der Waals surface area contributed by atoms with Gasteiger partial charge in [0.1, 0.15) is 12.4 Å². The van der Waals surface area contributed by atoms with Gasteiger partial charge in [-0.2, -0.15) is 0 Å². The van der Waals surface area contributed by atoms with Crippen LogP contribution in [0, 0.1) is 21.7 Å². The molecule has 0 N–H and O–H groups in total. The molecule has 5 heteroatoms. The fourth-order valence-electron chi connectivity index (χ4n) is 2.36. The molecule has 0 saturated carbocycles. The molecule has 0 fully saturated rings. The summed E-state index contributed by atoms with van der Waals surface area (Å²) in [6.07, 6.45) is 8.35. The average molecular weight is 486 g/mol. The number of hydrogen-bond donors (Lipinski definition) is 0. The molecular weight excluding hydrogens is 455 g/mol. The summed E-state index contributed by atoms with van der Waals surface area (Å²) in [4.78, 5) is 0. The monoisotopic (exact) mass is 486 g/mol. The van der Waals surface area contributed by atoms with Crippen LogP contribution in [0.25, 0.3) is 0 Å². The Kier molecular flexibility index (Phi) is 9.64. The molecule has 0 saturated heterocycles. The molecule has 1 rings (SSSR count). The van der Waals surface area contributed by atoms with Gasteiger partial charge in [0.05, 0.1) is 6.61 Å². The molecular formula is C21H31IO3Si. The summed E-state index contributed by atoms with van der Waals surface area (Å²) in [5.74, 6) is 9.24. The number of hydrogen-bond acceptors (Lipinski definition) is 3. The number of allylic oxidation sites excluding steroid dienone is 3. The summed E-state index contributed by atoms with van der Waals surface area (Å²) in [5.41, 5.74) is 0.751. The Balaban J connectivity index is 2.85. The third-order valence-electron chi connectivity index (χ3n) is 4.98. The van der Waals surface area contributed by atoms with Gasteiger partial charge in [0.25, 0.3) is 0 Å². The van der Waals surface area contributed by atoms with Crippen LogP contribution < -0.4 is 0 Å². The van der Waals surface area contributed by atoms with Gasteiger partial charge in [-0.25, -0.2) is 0 Å². The molecule has 0 radical (unpaired) electrons. The summed E-state index contributed by atoms with van der Waals surface area (Å²) in [5, 5.41) is 0.205. The zero-order chi connectivity index (χ0) is 19.7. The largest absolute Gasteiger partial charge is 0.413 e. The quantitative estimate of drug-likeness (QED) is 0.165. The number of ether oxygens (including phenoxy) is 2. The molecule has 1 aliphatic carbocycles. The van der Waals surface area contributed by atoms with Crippen molar-refractivity contribution in [3.05, 3.63) is 23.8 Å². The van der Waals surface area contributed by atoms with Crippen LogP contribution in [0.5, 0.6) is 0 Å². The standard InChI is InChI=1S/C21H31IO3Si/c1-20(2,3)26(5,6)25-17-19-12-11-14-21(16-19,24-18-23-4)13-9-7-8-10-15-22/h7-8,12H,11,14,16-18H2,1-6H3/b8-7-. The Morgan fingerprint density at radius 2 is 1.96 bits per heavy atom. The highest BCUT2D eigenvalue weighted by Crippen LogP contribution is 2.38. The van der Waals surface area contributed by atoms with Gasteiger partial charge in [-0.15, -0.1) is 0 Å². The summed E-state index contributed by atoms with van der Waals surface area (Å²) in [7, 11) is -0.134. The molecule has 144 valence electrons. The van der Waals surface area contributed by atoms with Crippen LogP contribution in [-0.4, -0.2) is 34.4 Å². The van der Waals surface area contributed by atoms with Crippen molar-refractivity contribution in [2.75, 3.05) is 20.5 Å². The highest BCUT2D eigenvalue weighted by Gasteiger charge is 2.38. The lowest BCUT2D eigenvalue weighted by Gasteiger charge is -2.38. The van der Waals surface area contributed by atoms with Crippen LogP contribution in [-0.2, 0) is 13.9 Å². The van der Waals surface area contributed by atoms with Gasteiger partial charge in [-0.05, 0) is 52.6 Å². The SMILES string of the molecule is COCOC1(C#C/C=C\C#CI)CCC=C(CO[Si](C)(C)C(C)(C)C)C1. The predicted molar refractivity (Wildman–Crippen MR) is 119 cm³/mol. The second kappa shape index (κ2) is 10.7. The maximum atomic E-state index is 6.39. The van der Waals surface area contributed by atoms with Crippen LogP contribution in [0.15, 0.2) is 23.8 Å². The average Bonchev–Trinajstić information content (AvgIpc) is 2.58. The molecule has 0 spiro atoms. The molecule has 26 heavy (non-hydrogen) atoms. The van der Waals surface area contributed by atoms with Gasteiger partial charge in [0, 0.05) is 36.1 Å². The summed E-state index contributed by atoms with van der Waals surface area (Å²) >= 11 is 2.01. The maximum absolute atomic E-state index is 6.39. The van der Waals surface area contributed by atoms with E-state index in [-0.39, 0.29) is 11.8 Å². The highest BCUT2D eigenvalue weighted by atomic mass is 127. The van der Waals surface area contributed by atoms with Gasteiger partial charge >= 0.3 is 0 Å². The lowest BCUT2D eigenvalue weighted by atomic mass is 9.85. The number of methoxy groups -OCH3 is 1. The van der Waals surface area contributed by atoms with Crippen molar-refractivity contribution in [2.24, 2.45) is 0 Å². The summed E-state index contributed by atoms with van der Waals surface area (Å²) in [6.45, 7) is 12.2. The lowest BCUT2D eigenvalue weighted by Crippen LogP contribution is -2.42. The van der Waals surface area contributed by atoms with E-state index >= 15 is 0 Å². The fourth-order valence-corrected chi connectivity index (χ4v) is 3.52. The molecule has 0 amide bonds. The van der Waals surface area contributed by atoms with E-state index in [1.165, 1.54) is 5.57 Å². The number of halogens is 1. The molecule has 0 heterocycles.